The second kappa shape index (κ2) is 9.50. The summed E-state index contributed by atoms with van der Waals surface area (Å²) in [6.07, 6.45) is 2.28. The molecule has 2 aromatic carbocycles. The van der Waals surface area contributed by atoms with Crippen LogP contribution in [-0.2, 0) is 4.79 Å². The van der Waals surface area contributed by atoms with E-state index >= 15 is 0 Å². The summed E-state index contributed by atoms with van der Waals surface area (Å²) >= 11 is 3.18. The third-order valence-corrected chi connectivity index (χ3v) is 4.11. The molecule has 0 saturated heterocycles. The van der Waals surface area contributed by atoms with Gasteiger partial charge < -0.3 is 10.1 Å². The Labute approximate surface area is 164 Å². The number of amides is 1. The smallest absolute Gasteiger partial charge is 0.270 e. The lowest BCUT2D eigenvalue weighted by Gasteiger charge is -2.09. The fourth-order valence-corrected chi connectivity index (χ4v) is 2.62. The molecular formula is C19H16BrN3O4. The van der Waals surface area contributed by atoms with Gasteiger partial charge >= 0.3 is 0 Å². The van der Waals surface area contributed by atoms with Crippen LogP contribution in [0.3, 0.4) is 0 Å². The van der Waals surface area contributed by atoms with E-state index < -0.39 is 10.8 Å². The molecule has 0 spiro atoms. The topological polar surface area (TPSA) is 105 Å². The van der Waals surface area contributed by atoms with Crippen molar-refractivity contribution in [1.82, 2.24) is 0 Å². The number of nitro benzene ring substituents is 1. The van der Waals surface area contributed by atoms with Gasteiger partial charge in [0.1, 0.15) is 17.4 Å². The SMILES string of the molecule is CCCOc1ccccc1/C=C(\C#N)C(=O)Nc1ccc([N+](=O)[O-])cc1Br. The average Bonchev–Trinajstić information content (AvgIpc) is 2.66. The maximum absolute atomic E-state index is 12.4. The predicted molar refractivity (Wildman–Crippen MR) is 105 cm³/mol. The number of carbonyl (C=O) groups is 1. The number of non-ortho nitro benzene ring substituents is 1. The Hall–Kier alpha value is -3.18. The fraction of sp³-hybridized carbons (Fsp3) is 0.158. The van der Waals surface area contributed by atoms with Crippen LogP contribution >= 0.6 is 15.9 Å². The molecular weight excluding hydrogens is 414 g/mol. The Kier molecular flexibility index (Phi) is 7.08. The van der Waals surface area contributed by atoms with Crippen molar-refractivity contribution in [2.24, 2.45) is 0 Å². The van der Waals surface area contributed by atoms with E-state index in [4.69, 9.17) is 4.74 Å². The van der Waals surface area contributed by atoms with Crippen LogP contribution in [0.1, 0.15) is 18.9 Å². The molecule has 0 aliphatic heterocycles. The predicted octanol–water partition coefficient (Wildman–Crippen LogP) is 4.69. The number of benzene rings is 2. The summed E-state index contributed by atoms with van der Waals surface area (Å²) in [6.45, 7) is 2.50. The highest BCUT2D eigenvalue weighted by Gasteiger charge is 2.15. The average molecular weight is 430 g/mol. The molecule has 0 bridgehead atoms. The van der Waals surface area contributed by atoms with E-state index in [0.717, 1.165) is 6.42 Å². The van der Waals surface area contributed by atoms with Crippen LogP contribution in [0.15, 0.2) is 52.5 Å². The van der Waals surface area contributed by atoms with Crippen molar-refractivity contribution in [3.63, 3.8) is 0 Å². The fourth-order valence-electron chi connectivity index (χ4n) is 2.16. The number of para-hydroxylation sites is 1. The molecule has 2 rings (SSSR count). The van der Waals surface area contributed by atoms with Crippen molar-refractivity contribution in [1.29, 1.82) is 5.26 Å². The number of halogens is 1. The number of anilines is 1. The summed E-state index contributed by atoms with van der Waals surface area (Å²) in [4.78, 5) is 22.7. The van der Waals surface area contributed by atoms with E-state index in [-0.39, 0.29) is 11.3 Å². The molecule has 7 nitrogen and oxygen atoms in total. The standard InChI is InChI=1S/C19H16BrN3O4/c1-2-9-27-18-6-4-3-5-13(18)10-14(12-21)19(24)22-17-8-7-15(23(25)26)11-16(17)20/h3-8,10-11H,2,9H2,1H3,(H,22,24)/b14-10+. The molecule has 0 heterocycles. The molecule has 0 atom stereocenters. The van der Waals surface area contributed by atoms with Crippen molar-refractivity contribution in [2.75, 3.05) is 11.9 Å². The van der Waals surface area contributed by atoms with Crippen LogP contribution in [0, 0.1) is 21.4 Å². The molecule has 8 heteroatoms. The van der Waals surface area contributed by atoms with Gasteiger partial charge in [-0.1, -0.05) is 25.1 Å². The maximum atomic E-state index is 12.4. The number of nitrogens with zero attached hydrogens (tertiary/aromatic N) is 2. The van der Waals surface area contributed by atoms with Crippen LogP contribution in [-0.4, -0.2) is 17.4 Å². The number of ether oxygens (including phenoxy) is 1. The van der Waals surface area contributed by atoms with Crippen molar-refractivity contribution in [3.8, 4) is 11.8 Å². The third kappa shape index (κ3) is 5.39. The highest BCUT2D eigenvalue weighted by Crippen LogP contribution is 2.28. The summed E-state index contributed by atoms with van der Waals surface area (Å²) in [7, 11) is 0. The molecule has 1 N–H and O–H groups in total. The van der Waals surface area contributed by atoms with E-state index in [1.54, 1.807) is 18.2 Å². The first-order chi connectivity index (χ1) is 13.0. The lowest BCUT2D eigenvalue weighted by Crippen LogP contribution is -2.14. The quantitative estimate of drug-likeness (QED) is 0.297. The van der Waals surface area contributed by atoms with Gasteiger partial charge in [0, 0.05) is 22.2 Å². The van der Waals surface area contributed by atoms with Gasteiger partial charge in [0.2, 0.25) is 0 Å². The zero-order valence-electron chi connectivity index (χ0n) is 14.4. The highest BCUT2D eigenvalue weighted by atomic mass is 79.9. The lowest BCUT2D eigenvalue weighted by molar-refractivity contribution is -0.384. The Morgan fingerprint density at radius 2 is 2.11 bits per heavy atom. The van der Waals surface area contributed by atoms with Crippen LogP contribution < -0.4 is 10.1 Å². The normalized spacial score (nSPS) is 10.8. The first-order valence-electron chi connectivity index (χ1n) is 8.05. The minimum atomic E-state index is -0.627. The van der Waals surface area contributed by atoms with Gasteiger partial charge in [0.15, 0.2) is 0 Å². The van der Waals surface area contributed by atoms with Crippen molar-refractivity contribution < 1.29 is 14.5 Å². The number of nitrogens with one attached hydrogen (secondary N) is 1. The van der Waals surface area contributed by atoms with Gasteiger partial charge in [-0.05, 0) is 40.6 Å². The first kappa shape index (κ1) is 20.1. The minimum absolute atomic E-state index is 0.113. The third-order valence-electron chi connectivity index (χ3n) is 3.46. The molecule has 0 radical (unpaired) electrons. The molecule has 0 aliphatic rings. The largest absolute Gasteiger partial charge is 0.493 e. The van der Waals surface area contributed by atoms with E-state index in [1.807, 2.05) is 19.1 Å². The number of hydrogen-bond acceptors (Lipinski definition) is 5. The zero-order chi connectivity index (χ0) is 19.8. The lowest BCUT2D eigenvalue weighted by atomic mass is 10.1. The summed E-state index contributed by atoms with van der Waals surface area (Å²) in [5.41, 5.74) is 0.702. The Balaban J connectivity index is 2.26. The number of rotatable bonds is 7. The number of nitro groups is 1. The van der Waals surface area contributed by atoms with Gasteiger partial charge in [-0.25, -0.2) is 0 Å². The Bertz CT molecular complexity index is 935. The Morgan fingerprint density at radius 3 is 2.74 bits per heavy atom. The number of hydrogen-bond donors (Lipinski definition) is 1. The minimum Gasteiger partial charge on any atom is -0.493 e. The molecule has 2 aromatic rings. The summed E-state index contributed by atoms with van der Waals surface area (Å²) in [6, 6.07) is 12.9. The van der Waals surface area contributed by atoms with Gasteiger partial charge in [-0.2, -0.15) is 5.26 Å². The van der Waals surface area contributed by atoms with E-state index in [2.05, 4.69) is 21.2 Å². The van der Waals surface area contributed by atoms with Crippen molar-refractivity contribution in [2.45, 2.75) is 13.3 Å². The summed E-state index contributed by atoms with van der Waals surface area (Å²) in [5.74, 6) is -0.0474. The molecule has 138 valence electrons. The van der Waals surface area contributed by atoms with Gasteiger partial charge in [0.05, 0.1) is 17.2 Å². The molecule has 0 fully saturated rings. The Morgan fingerprint density at radius 1 is 1.37 bits per heavy atom. The maximum Gasteiger partial charge on any atom is 0.270 e. The van der Waals surface area contributed by atoms with Gasteiger partial charge in [-0.3, -0.25) is 14.9 Å². The van der Waals surface area contributed by atoms with Crippen molar-refractivity contribution >= 4 is 39.3 Å². The molecule has 0 unspecified atom stereocenters. The van der Waals surface area contributed by atoms with Crippen LogP contribution in [0.25, 0.3) is 6.08 Å². The second-order valence-corrected chi connectivity index (χ2v) is 6.29. The summed E-state index contributed by atoms with van der Waals surface area (Å²) in [5, 5.41) is 22.7. The van der Waals surface area contributed by atoms with E-state index in [1.165, 1.54) is 24.3 Å². The first-order valence-corrected chi connectivity index (χ1v) is 8.84. The molecule has 1 amide bonds. The van der Waals surface area contributed by atoms with Crippen molar-refractivity contribution in [3.05, 3.63) is 68.2 Å². The van der Waals surface area contributed by atoms with Crippen LogP contribution in [0.2, 0.25) is 0 Å². The van der Waals surface area contributed by atoms with E-state index in [9.17, 15) is 20.2 Å². The zero-order valence-corrected chi connectivity index (χ0v) is 16.0. The monoisotopic (exact) mass is 429 g/mol. The van der Waals surface area contributed by atoms with E-state index in [0.29, 0.717) is 28.1 Å². The second-order valence-electron chi connectivity index (χ2n) is 5.43. The highest BCUT2D eigenvalue weighted by molar-refractivity contribution is 9.10. The van der Waals surface area contributed by atoms with Crippen LogP contribution in [0.4, 0.5) is 11.4 Å². The van der Waals surface area contributed by atoms with Crippen LogP contribution in [0.5, 0.6) is 5.75 Å². The number of nitriles is 1. The summed E-state index contributed by atoms with van der Waals surface area (Å²) < 4.78 is 5.97. The molecule has 0 aliphatic carbocycles. The molecule has 0 aromatic heterocycles. The molecule has 0 saturated carbocycles. The molecule has 27 heavy (non-hydrogen) atoms. The van der Waals surface area contributed by atoms with Gasteiger partial charge in [-0.15, -0.1) is 0 Å². The number of carbonyl (C=O) groups excluding carboxylic acids is 1. The van der Waals surface area contributed by atoms with Gasteiger partial charge in [0.25, 0.3) is 11.6 Å².